The highest BCUT2D eigenvalue weighted by Gasteiger charge is 2.45. The van der Waals surface area contributed by atoms with Gasteiger partial charge >= 0.3 is 5.97 Å². The van der Waals surface area contributed by atoms with Crippen molar-refractivity contribution in [1.82, 2.24) is 20.2 Å². The largest absolute Gasteiger partial charge is 0.462 e. The van der Waals surface area contributed by atoms with E-state index in [1.165, 1.54) is 0 Å². The zero-order valence-electron chi connectivity index (χ0n) is 31.0. The predicted molar refractivity (Wildman–Crippen MR) is 210 cm³/mol. The van der Waals surface area contributed by atoms with Crippen molar-refractivity contribution in [3.63, 3.8) is 0 Å². The highest BCUT2D eigenvalue weighted by atomic mass is 16.5. The summed E-state index contributed by atoms with van der Waals surface area (Å²) in [6.07, 6.45) is 0.928. The quantitative estimate of drug-likeness (QED) is 0.0723. The van der Waals surface area contributed by atoms with Crippen LogP contribution in [0.2, 0.25) is 0 Å². The number of carbonyl (C=O) groups excluding carboxylic acids is 1. The smallest absolute Gasteiger partial charge is 0.346 e. The molecule has 0 N–H and O–H groups in total. The summed E-state index contributed by atoms with van der Waals surface area (Å²) in [6.45, 7) is 9.31. The molecule has 0 aliphatic carbocycles. The van der Waals surface area contributed by atoms with Crippen LogP contribution in [0.25, 0.3) is 22.5 Å². The van der Waals surface area contributed by atoms with Crippen molar-refractivity contribution in [2.45, 2.75) is 39.7 Å². The Kier molecular flexibility index (Phi) is 9.98. The lowest BCUT2D eigenvalue weighted by atomic mass is 9.77. The van der Waals surface area contributed by atoms with Crippen LogP contribution in [0, 0.1) is 5.92 Å². The van der Waals surface area contributed by atoms with Crippen LogP contribution in [-0.4, -0.2) is 56.7 Å². The molecule has 1 aliphatic rings. The molecule has 2 heterocycles. The molecule has 8 heteroatoms. The molecule has 0 spiro atoms. The van der Waals surface area contributed by atoms with Gasteiger partial charge in [-0.2, -0.15) is 4.59 Å². The van der Waals surface area contributed by atoms with Crippen LogP contribution in [0.3, 0.4) is 0 Å². The third kappa shape index (κ3) is 6.40. The molecule has 53 heavy (non-hydrogen) atoms. The summed E-state index contributed by atoms with van der Waals surface area (Å²) in [7, 11) is 2.08. The van der Waals surface area contributed by atoms with Crippen molar-refractivity contribution in [3.05, 3.63) is 173 Å². The number of esters is 1. The molecule has 0 bridgehead atoms. The Bertz CT molecular complexity index is 2160. The van der Waals surface area contributed by atoms with Crippen molar-refractivity contribution in [2.75, 3.05) is 20.2 Å². The summed E-state index contributed by atoms with van der Waals surface area (Å²) in [6, 6.07) is 47.4. The zero-order chi connectivity index (χ0) is 37.0. The summed E-state index contributed by atoms with van der Waals surface area (Å²) < 4.78 is 5.94. The van der Waals surface area contributed by atoms with Gasteiger partial charge in [-0.25, -0.2) is 4.79 Å². The van der Waals surface area contributed by atoms with Crippen LogP contribution in [0.15, 0.2) is 156 Å². The Morgan fingerprint density at radius 3 is 1.74 bits per heavy atom. The minimum Gasteiger partial charge on any atom is -0.462 e. The van der Waals surface area contributed by atoms with E-state index < -0.39 is 5.54 Å². The maximum absolute atomic E-state index is 13.5. The first kappa shape index (κ1) is 35.4. The average Bonchev–Trinajstić information content (AvgIpc) is 3.80. The molecule has 8 nitrogen and oxygen atoms in total. The highest BCUT2D eigenvalue weighted by Crippen LogP contribution is 2.41. The molecule has 0 fully saturated rings. The van der Waals surface area contributed by atoms with E-state index in [1.807, 2.05) is 91.9 Å². The number of tetrazole rings is 1. The van der Waals surface area contributed by atoms with Crippen LogP contribution >= 0.6 is 0 Å². The molecule has 1 atom stereocenters. The van der Waals surface area contributed by atoms with Gasteiger partial charge in [-0.3, -0.25) is 0 Å². The zero-order valence-corrected chi connectivity index (χ0v) is 31.0. The van der Waals surface area contributed by atoms with Crippen LogP contribution in [-0.2, 0) is 15.1 Å². The number of rotatable bonds is 12. The number of ether oxygens (including phenoxy) is 1. The van der Waals surface area contributed by atoms with E-state index in [0.29, 0.717) is 28.3 Å². The minimum atomic E-state index is -0.878. The van der Waals surface area contributed by atoms with E-state index in [-0.39, 0.29) is 11.9 Å². The molecule has 0 radical (unpaired) electrons. The lowest BCUT2D eigenvalue weighted by Crippen LogP contribution is -2.39. The molecule has 1 aliphatic heterocycles. The lowest BCUT2D eigenvalue weighted by molar-refractivity contribution is -0.880. The summed E-state index contributed by atoms with van der Waals surface area (Å²) in [5, 5.41) is 19.9. The molecular formula is C45H45N6O2+. The number of aromatic nitrogens is 4. The number of hydrogen-bond donors (Lipinski definition) is 0. The summed E-state index contributed by atoms with van der Waals surface area (Å²) in [5.74, 6) is 0.302. The van der Waals surface area contributed by atoms with Crippen molar-refractivity contribution in [1.29, 1.82) is 0 Å². The first-order chi connectivity index (χ1) is 25.8. The molecule has 0 amide bonds. The molecular weight excluding hydrogens is 657 g/mol. The minimum absolute atomic E-state index is 0.115. The summed E-state index contributed by atoms with van der Waals surface area (Å²) >= 11 is 0. The molecule has 266 valence electrons. The Morgan fingerprint density at radius 2 is 1.23 bits per heavy atom. The number of allylic oxidation sites excluding steroid dienone is 1. The lowest BCUT2D eigenvalue weighted by Gasteiger charge is -2.34. The SMILES string of the molecule is CCC[N+]1(C)N=C(c2ccc(-c3ccccc3-c3nnn(C(c4ccccc4)(c4ccccc4)c4ccccc4)n3)cc2)C(C(=O)OCC)=C1C(C)C. The van der Waals surface area contributed by atoms with Crippen LogP contribution < -0.4 is 0 Å². The molecule has 6 aromatic rings. The van der Waals surface area contributed by atoms with Gasteiger partial charge in [0.15, 0.2) is 16.8 Å². The number of carbonyl (C=O) groups is 1. The standard InChI is InChI=1S/C45H45N6O2/c1-6-31-51(5)42(32(3)4)40(44(52)53-7-2)41(48-51)34-29-27-33(28-30-34)38-25-17-18-26-39(38)43-46-49-50(47-43)45(35-19-11-8-12-20-35,36-21-13-9-14-22-36)37-23-15-10-16-24-37/h8-30,32H,6-7,31H2,1-5H3/q+1. The highest BCUT2D eigenvalue weighted by molar-refractivity contribution is 6.27. The fourth-order valence-corrected chi connectivity index (χ4v) is 7.83. The Balaban J connectivity index is 1.32. The van der Waals surface area contributed by atoms with Gasteiger partial charge in [-0.1, -0.05) is 165 Å². The molecule has 0 saturated heterocycles. The Morgan fingerprint density at radius 1 is 0.717 bits per heavy atom. The van der Waals surface area contributed by atoms with E-state index in [4.69, 9.17) is 25.2 Å². The van der Waals surface area contributed by atoms with Gasteiger partial charge in [-0.05, 0) is 46.4 Å². The van der Waals surface area contributed by atoms with E-state index in [0.717, 1.165) is 57.6 Å². The number of benzene rings is 5. The second-order valence-electron chi connectivity index (χ2n) is 13.8. The van der Waals surface area contributed by atoms with E-state index >= 15 is 0 Å². The fraction of sp³-hybridized carbons (Fsp3) is 0.222. The summed E-state index contributed by atoms with van der Waals surface area (Å²) in [4.78, 5) is 15.2. The molecule has 1 unspecified atom stereocenters. The number of nitrogens with zero attached hydrogens (tertiary/aromatic N) is 6. The third-order valence-corrected chi connectivity index (χ3v) is 9.94. The monoisotopic (exact) mass is 701 g/mol. The van der Waals surface area contributed by atoms with Crippen LogP contribution in [0.4, 0.5) is 0 Å². The average molecular weight is 702 g/mol. The van der Waals surface area contributed by atoms with Gasteiger partial charge in [0.05, 0.1) is 13.7 Å². The molecule has 0 saturated carbocycles. The molecule has 5 aromatic carbocycles. The van der Waals surface area contributed by atoms with Crippen molar-refractivity contribution in [3.8, 4) is 22.5 Å². The van der Waals surface area contributed by atoms with Gasteiger partial charge in [0.2, 0.25) is 5.82 Å². The Labute approximate surface area is 311 Å². The van der Waals surface area contributed by atoms with E-state index in [2.05, 4.69) is 82.4 Å². The van der Waals surface area contributed by atoms with Gasteiger partial charge < -0.3 is 4.74 Å². The van der Waals surface area contributed by atoms with Gasteiger partial charge in [-0.15, -0.1) is 15.0 Å². The maximum atomic E-state index is 13.5. The second-order valence-corrected chi connectivity index (χ2v) is 13.8. The van der Waals surface area contributed by atoms with Crippen molar-refractivity contribution >= 4 is 11.7 Å². The fourth-order valence-electron chi connectivity index (χ4n) is 7.83. The first-order valence-electron chi connectivity index (χ1n) is 18.4. The van der Waals surface area contributed by atoms with Crippen molar-refractivity contribution < 1.29 is 14.1 Å². The normalized spacial score (nSPS) is 15.8. The molecule has 7 rings (SSSR count). The Hall–Kier alpha value is -5.99. The third-order valence-electron chi connectivity index (χ3n) is 9.94. The van der Waals surface area contributed by atoms with Gasteiger partial charge in [0, 0.05) is 17.0 Å². The van der Waals surface area contributed by atoms with Crippen molar-refractivity contribution in [2.24, 2.45) is 11.0 Å². The van der Waals surface area contributed by atoms with Crippen LogP contribution in [0.5, 0.6) is 0 Å². The summed E-state index contributed by atoms with van der Waals surface area (Å²) in [5.41, 5.74) is 8.09. The van der Waals surface area contributed by atoms with Gasteiger partial charge in [0.25, 0.3) is 0 Å². The van der Waals surface area contributed by atoms with Gasteiger partial charge in [0.1, 0.15) is 12.3 Å². The van der Waals surface area contributed by atoms with E-state index in [1.54, 1.807) is 4.80 Å². The number of hydrogen-bond acceptors (Lipinski definition) is 6. The van der Waals surface area contributed by atoms with E-state index in [9.17, 15) is 4.79 Å². The topological polar surface area (TPSA) is 82.3 Å². The first-order valence-corrected chi connectivity index (χ1v) is 18.4. The number of quaternary nitrogens is 1. The molecule has 1 aromatic heterocycles. The second kappa shape index (κ2) is 14.9. The predicted octanol–water partition coefficient (Wildman–Crippen LogP) is 8.89. The van der Waals surface area contributed by atoms with Crippen LogP contribution in [0.1, 0.15) is 56.4 Å². The maximum Gasteiger partial charge on any atom is 0.346 e.